The molecule has 11 heteroatoms. The van der Waals surface area contributed by atoms with Crippen LogP contribution >= 0.6 is 11.8 Å². The second-order valence-corrected chi connectivity index (χ2v) is 8.15. The molecular weight excluding hydrogens is 410 g/mol. The summed E-state index contributed by atoms with van der Waals surface area (Å²) in [6.07, 6.45) is -0.681. The van der Waals surface area contributed by atoms with Gasteiger partial charge in [-0.05, 0) is 23.6 Å². The predicted octanol–water partition coefficient (Wildman–Crippen LogP) is -0.874. The minimum absolute atomic E-state index is 0.126. The Bertz CT molecular complexity index is 808. The van der Waals surface area contributed by atoms with Gasteiger partial charge in [-0.2, -0.15) is 16.6 Å². The molecule has 0 unspecified atom stereocenters. The van der Waals surface area contributed by atoms with Crippen molar-refractivity contribution in [2.24, 2.45) is 0 Å². The lowest BCUT2D eigenvalue weighted by Crippen LogP contribution is -2.65. The smallest absolute Gasteiger partial charge is 0.364 e. The van der Waals surface area contributed by atoms with Crippen LogP contribution in [0.15, 0.2) is 30.3 Å². The van der Waals surface area contributed by atoms with E-state index in [1.165, 1.54) is 4.80 Å². The van der Waals surface area contributed by atoms with Gasteiger partial charge in [0.2, 0.25) is 5.82 Å². The van der Waals surface area contributed by atoms with Crippen molar-refractivity contribution in [1.29, 1.82) is 0 Å². The quantitative estimate of drug-likeness (QED) is 0.403. The molecule has 164 valence electrons. The molecule has 30 heavy (non-hydrogen) atoms. The van der Waals surface area contributed by atoms with Gasteiger partial charge in [-0.3, -0.25) is 0 Å². The van der Waals surface area contributed by atoms with E-state index in [1.54, 1.807) is 11.8 Å². The van der Waals surface area contributed by atoms with Crippen molar-refractivity contribution >= 4 is 17.7 Å². The van der Waals surface area contributed by atoms with E-state index in [4.69, 9.17) is 9.47 Å². The Kier molecular flexibility index (Phi) is 8.16. The fourth-order valence-corrected chi connectivity index (χ4v) is 3.67. The monoisotopic (exact) mass is 438 g/mol. The lowest BCUT2D eigenvalue weighted by Gasteiger charge is -2.15. The van der Waals surface area contributed by atoms with Crippen molar-refractivity contribution in [1.82, 2.24) is 20.2 Å². The first-order valence-electron chi connectivity index (χ1n) is 9.83. The number of thioether (sulfide) groups is 1. The number of quaternary nitrogens is 1. The van der Waals surface area contributed by atoms with Crippen LogP contribution in [0.25, 0.3) is 11.4 Å². The van der Waals surface area contributed by atoms with Gasteiger partial charge in [-0.25, -0.2) is 4.79 Å². The molecule has 1 aliphatic rings. The lowest BCUT2D eigenvalue weighted by atomic mass is 10.1. The maximum absolute atomic E-state index is 12.0. The van der Waals surface area contributed by atoms with Gasteiger partial charge in [-0.1, -0.05) is 30.3 Å². The molecule has 0 radical (unpaired) electrons. The second kappa shape index (κ2) is 10.8. The Hall–Kier alpha value is -2.05. The van der Waals surface area contributed by atoms with E-state index in [-0.39, 0.29) is 6.61 Å². The molecule has 1 fully saturated rings. The van der Waals surface area contributed by atoms with Crippen LogP contribution < -0.4 is 5.73 Å². The number of nitrogens with zero attached hydrogens (tertiary/aromatic N) is 4. The van der Waals surface area contributed by atoms with Crippen LogP contribution in [0.1, 0.15) is 12.8 Å². The van der Waals surface area contributed by atoms with Crippen LogP contribution in [0.5, 0.6) is 0 Å². The largest absolute Gasteiger partial charge is 0.458 e. The summed E-state index contributed by atoms with van der Waals surface area (Å²) in [6, 6.07) is 9.02. The first-order chi connectivity index (χ1) is 14.5. The molecule has 10 nitrogen and oxygen atoms in total. The average molecular weight is 439 g/mol. The van der Waals surface area contributed by atoms with Crippen LogP contribution in [0.4, 0.5) is 0 Å². The topological polar surface area (TPSA) is 147 Å². The number of esters is 1. The van der Waals surface area contributed by atoms with Crippen LogP contribution in [-0.2, 0) is 20.8 Å². The Labute approximate surface area is 178 Å². The summed E-state index contributed by atoms with van der Waals surface area (Å²) in [7, 11) is 0. The van der Waals surface area contributed by atoms with Gasteiger partial charge in [0.1, 0.15) is 24.9 Å². The van der Waals surface area contributed by atoms with Gasteiger partial charge in [0, 0.05) is 12.0 Å². The highest BCUT2D eigenvalue weighted by Gasteiger charge is 2.43. The molecule has 0 amide bonds. The molecule has 1 aromatic carbocycles. The van der Waals surface area contributed by atoms with E-state index in [9.17, 15) is 15.0 Å². The molecule has 0 saturated carbocycles. The van der Waals surface area contributed by atoms with E-state index in [0.717, 1.165) is 11.3 Å². The Morgan fingerprint density at radius 3 is 2.77 bits per heavy atom. The zero-order valence-corrected chi connectivity index (χ0v) is 17.6. The summed E-state index contributed by atoms with van der Waals surface area (Å²) in [6.45, 7) is 0.231. The third kappa shape index (κ3) is 5.76. The zero-order valence-electron chi connectivity index (χ0n) is 16.8. The molecule has 2 aromatic rings. The number of aryl methyl sites for hydroxylation is 1. The zero-order chi connectivity index (χ0) is 21.5. The normalized spacial score (nSPS) is 24.7. The minimum atomic E-state index is -1.14. The fourth-order valence-electron chi connectivity index (χ4n) is 3.15. The van der Waals surface area contributed by atoms with Crippen molar-refractivity contribution < 1.29 is 30.2 Å². The number of aromatic nitrogens is 4. The maximum atomic E-state index is 12.0. The molecule has 1 aliphatic heterocycles. The highest BCUT2D eigenvalue weighted by atomic mass is 32.2. The molecule has 1 aromatic heterocycles. The van der Waals surface area contributed by atoms with Gasteiger partial charge in [0.05, 0.1) is 12.6 Å². The summed E-state index contributed by atoms with van der Waals surface area (Å²) < 4.78 is 10.9. The molecule has 3 rings (SSSR count). The number of benzene rings is 1. The number of carbonyl (C=O) groups is 1. The Morgan fingerprint density at radius 2 is 2.03 bits per heavy atom. The predicted molar refractivity (Wildman–Crippen MR) is 109 cm³/mol. The molecule has 5 N–H and O–H groups in total. The number of aliphatic hydroxyl groups excluding tert-OH is 2. The number of carbonyl (C=O) groups excluding carboxylic acids is 1. The van der Waals surface area contributed by atoms with E-state index in [1.807, 2.05) is 36.6 Å². The number of ether oxygens (including phenoxy) is 2. The molecule has 0 bridgehead atoms. The van der Waals surface area contributed by atoms with Crippen molar-refractivity contribution in [3.8, 4) is 11.4 Å². The minimum Gasteiger partial charge on any atom is -0.458 e. The van der Waals surface area contributed by atoms with Gasteiger partial charge in [0.25, 0.3) is 0 Å². The third-order valence-electron chi connectivity index (χ3n) is 4.95. The molecular formula is C19H28N5O5S+. The molecule has 1 saturated heterocycles. The SMILES string of the molecule is CSCC[C@H]([NH3+])C(=O)OC[C@H]1O[C@@H](CCn2nnc(-c3ccccc3)n2)[C@H](O)[C@@H]1O. The van der Waals surface area contributed by atoms with E-state index in [0.29, 0.717) is 25.2 Å². The van der Waals surface area contributed by atoms with E-state index < -0.39 is 36.4 Å². The highest BCUT2D eigenvalue weighted by Crippen LogP contribution is 2.24. The maximum Gasteiger partial charge on any atom is 0.364 e. The summed E-state index contributed by atoms with van der Waals surface area (Å²) in [5.74, 6) is 0.894. The number of hydrogen-bond acceptors (Lipinski definition) is 9. The highest BCUT2D eigenvalue weighted by molar-refractivity contribution is 7.98. The number of aliphatic hydroxyl groups is 2. The van der Waals surface area contributed by atoms with Gasteiger partial charge >= 0.3 is 5.97 Å². The van der Waals surface area contributed by atoms with Crippen molar-refractivity contribution in [3.63, 3.8) is 0 Å². The molecule has 0 aliphatic carbocycles. The number of tetrazole rings is 1. The van der Waals surface area contributed by atoms with Gasteiger partial charge < -0.3 is 25.4 Å². The Morgan fingerprint density at radius 1 is 1.30 bits per heavy atom. The van der Waals surface area contributed by atoms with Gasteiger partial charge in [-0.15, -0.1) is 10.2 Å². The third-order valence-corrected chi connectivity index (χ3v) is 5.60. The van der Waals surface area contributed by atoms with Crippen molar-refractivity contribution in [3.05, 3.63) is 30.3 Å². The lowest BCUT2D eigenvalue weighted by molar-refractivity contribution is -0.408. The summed E-state index contributed by atoms with van der Waals surface area (Å²) in [5.41, 5.74) is 4.65. The average Bonchev–Trinajstić information content (AvgIpc) is 3.35. The summed E-state index contributed by atoms with van der Waals surface area (Å²) >= 11 is 1.63. The fraction of sp³-hybridized carbons (Fsp3) is 0.579. The second-order valence-electron chi connectivity index (χ2n) is 7.17. The summed E-state index contributed by atoms with van der Waals surface area (Å²) in [5, 5.41) is 32.9. The number of hydrogen-bond donors (Lipinski definition) is 3. The number of rotatable bonds is 10. The Balaban J connectivity index is 1.47. The first-order valence-corrected chi connectivity index (χ1v) is 11.2. The standard InChI is InChI=1S/C19H27N5O5S/c1-30-10-8-13(20)19(27)28-11-15-17(26)16(25)14(29-15)7-9-24-22-18(21-23-24)12-5-3-2-4-6-12/h2-6,13-17,25-26H,7-11,20H2,1H3/p+1/t13-,14-,15+,16-,17+/m0/s1. The molecule has 2 heterocycles. The van der Waals surface area contributed by atoms with Crippen LogP contribution in [0.2, 0.25) is 0 Å². The van der Waals surface area contributed by atoms with Crippen LogP contribution in [-0.4, -0.2) is 85.5 Å². The van der Waals surface area contributed by atoms with Crippen molar-refractivity contribution in [2.75, 3.05) is 18.6 Å². The summed E-state index contributed by atoms with van der Waals surface area (Å²) in [4.78, 5) is 13.4. The van der Waals surface area contributed by atoms with E-state index in [2.05, 4.69) is 21.1 Å². The van der Waals surface area contributed by atoms with Gasteiger partial charge in [0.15, 0.2) is 6.04 Å². The van der Waals surface area contributed by atoms with Crippen LogP contribution in [0, 0.1) is 0 Å². The molecule has 0 spiro atoms. The van der Waals surface area contributed by atoms with E-state index >= 15 is 0 Å². The first kappa shape index (κ1) is 22.6. The van der Waals surface area contributed by atoms with Crippen LogP contribution in [0.3, 0.4) is 0 Å². The molecule has 5 atom stereocenters. The van der Waals surface area contributed by atoms with Crippen molar-refractivity contribution in [2.45, 2.75) is 49.8 Å².